The fourth-order valence-corrected chi connectivity index (χ4v) is 2.54. The van der Waals surface area contributed by atoms with E-state index in [1.54, 1.807) is 6.07 Å². The Balaban J connectivity index is 1.50. The molecule has 4 rings (SSSR count). The quantitative estimate of drug-likeness (QED) is 0.497. The number of fused-ring (bicyclic) bond motifs is 1. The highest BCUT2D eigenvalue weighted by Gasteiger charge is 2.18. The van der Waals surface area contributed by atoms with Crippen molar-refractivity contribution in [1.29, 1.82) is 0 Å². The highest BCUT2D eigenvalue weighted by atomic mass is 19.3. The summed E-state index contributed by atoms with van der Waals surface area (Å²) >= 11 is 0. The Kier molecular flexibility index (Phi) is 4.45. The number of alkyl halides is 2. The van der Waals surface area contributed by atoms with Crippen molar-refractivity contribution in [3.05, 3.63) is 72.1 Å². The SMILES string of the molecule is Fc1cc(-c2nnc(C(F)F)o2)cnc1COc1ccc2ccccc2c1. The Hall–Kier alpha value is -3.42. The molecule has 0 atom stereocenters. The van der Waals surface area contributed by atoms with Gasteiger partial charge in [0.2, 0.25) is 5.89 Å². The summed E-state index contributed by atoms with van der Waals surface area (Å²) in [6, 6.07) is 14.4. The van der Waals surface area contributed by atoms with Crippen molar-refractivity contribution >= 4 is 10.8 Å². The molecule has 0 N–H and O–H groups in total. The van der Waals surface area contributed by atoms with Gasteiger partial charge in [-0.25, -0.2) is 4.39 Å². The van der Waals surface area contributed by atoms with E-state index in [4.69, 9.17) is 9.15 Å². The zero-order valence-electron chi connectivity index (χ0n) is 13.8. The Morgan fingerprint density at radius 2 is 1.81 bits per heavy atom. The molecule has 5 nitrogen and oxygen atoms in total. The Morgan fingerprint density at radius 1 is 1.00 bits per heavy atom. The van der Waals surface area contributed by atoms with Gasteiger partial charge in [0.15, 0.2) is 0 Å². The molecule has 2 aromatic heterocycles. The lowest BCUT2D eigenvalue weighted by Gasteiger charge is -2.08. The van der Waals surface area contributed by atoms with E-state index in [2.05, 4.69) is 15.2 Å². The summed E-state index contributed by atoms with van der Waals surface area (Å²) in [5.41, 5.74) is 0.182. The second-order valence-electron chi connectivity index (χ2n) is 5.70. The average molecular weight is 371 g/mol. The number of aromatic nitrogens is 3. The summed E-state index contributed by atoms with van der Waals surface area (Å²) in [6.45, 7) is -0.0867. The number of hydrogen-bond acceptors (Lipinski definition) is 5. The van der Waals surface area contributed by atoms with Crippen LogP contribution in [-0.2, 0) is 6.61 Å². The maximum absolute atomic E-state index is 14.3. The first kappa shape index (κ1) is 17.0. The molecule has 4 aromatic rings. The average Bonchev–Trinajstić information content (AvgIpc) is 3.17. The topological polar surface area (TPSA) is 61.0 Å². The van der Waals surface area contributed by atoms with Crippen molar-refractivity contribution < 1.29 is 22.3 Å². The van der Waals surface area contributed by atoms with E-state index in [9.17, 15) is 13.2 Å². The first-order chi connectivity index (χ1) is 13.1. The molecular formula is C19H12F3N3O2. The van der Waals surface area contributed by atoms with Gasteiger partial charge in [-0.15, -0.1) is 10.2 Å². The summed E-state index contributed by atoms with van der Waals surface area (Å²) in [5.74, 6) is -1.13. The summed E-state index contributed by atoms with van der Waals surface area (Å²) in [5, 5.41) is 8.75. The van der Waals surface area contributed by atoms with Crippen molar-refractivity contribution in [2.75, 3.05) is 0 Å². The van der Waals surface area contributed by atoms with Gasteiger partial charge in [-0.2, -0.15) is 8.78 Å². The molecule has 27 heavy (non-hydrogen) atoms. The highest BCUT2D eigenvalue weighted by molar-refractivity contribution is 5.83. The molecule has 0 amide bonds. The summed E-state index contributed by atoms with van der Waals surface area (Å²) in [7, 11) is 0. The third-order valence-corrected chi connectivity index (χ3v) is 3.89. The van der Waals surface area contributed by atoms with Crippen LogP contribution in [0.25, 0.3) is 22.2 Å². The van der Waals surface area contributed by atoms with Crippen LogP contribution in [0, 0.1) is 5.82 Å². The van der Waals surface area contributed by atoms with Crippen molar-refractivity contribution in [3.63, 3.8) is 0 Å². The third kappa shape index (κ3) is 3.59. The van der Waals surface area contributed by atoms with Crippen molar-refractivity contribution in [2.24, 2.45) is 0 Å². The van der Waals surface area contributed by atoms with Crippen LogP contribution in [0.4, 0.5) is 13.2 Å². The van der Waals surface area contributed by atoms with Gasteiger partial charge in [-0.3, -0.25) is 4.98 Å². The molecule has 0 saturated heterocycles. The molecule has 2 aromatic carbocycles. The van der Waals surface area contributed by atoms with E-state index >= 15 is 0 Å². The van der Waals surface area contributed by atoms with Gasteiger partial charge in [0.05, 0.1) is 5.56 Å². The monoisotopic (exact) mass is 371 g/mol. The number of benzene rings is 2. The van der Waals surface area contributed by atoms with E-state index in [-0.39, 0.29) is 23.8 Å². The number of hydrogen-bond donors (Lipinski definition) is 0. The molecule has 2 heterocycles. The van der Waals surface area contributed by atoms with Crippen LogP contribution in [0.5, 0.6) is 5.75 Å². The summed E-state index contributed by atoms with van der Waals surface area (Å²) in [6.07, 6.45) is -1.62. The molecule has 0 bridgehead atoms. The molecule has 136 valence electrons. The Labute approximate surface area is 151 Å². The Morgan fingerprint density at radius 3 is 2.56 bits per heavy atom. The fourth-order valence-electron chi connectivity index (χ4n) is 2.54. The van der Waals surface area contributed by atoms with Crippen LogP contribution in [0.2, 0.25) is 0 Å². The van der Waals surface area contributed by atoms with Crippen molar-refractivity contribution in [2.45, 2.75) is 13.0 Å². The largest absolute Gasteiger partial charge is 0.487 e. The summed E-state index contributed by atoms with van der Waals surface area (Å²) in [4.78, 5) is 3.97. The van der Waals surface area contributed by atoms with Crippen LogP contribution in [0.3, 0.4) is 0 Å². The number of halogens is 3. The minimum absolute atomic E-state index is 0.0699. The van der Waals surface area contributed by atoms with Gasteiger partial charge in [0.25, 0.3) is 5.89 Å². The van der Waals surface area contributed by atoms with E-state index in [1.807, 2.05) is 36.4 Å². The van der Waals surface area contributed by atoms with E-state index in [0.717, 1.165) is 16.8 Å². The van der Waals surface area contributed by atoms with Gasteiger partial charge in [0.1, 0.15) is 23.9 Å². The van der Waals surface area contributed by atoms with Gasteiger partial charge in [-0.1, -0.05) is 30.3 Å². The number of nitrogens with zero attached hydrogens (tertiary/aromatic N) is 3. The molecule has 0 fully saturated rings. The van der Waals surface area contributed by atoms with E-state index < -0.39 is 18.1 Å². The maximum Gasteiger partial charge on any atom is 0.314 e. The standard InChI is InChI=1S/C19H12F3N3O2/c20-15-8-13(18-24-25-19(27-18)17(21)22)9-23-16(15)10-26-14-6-5-11-3-1-2-4-12(11)7-14/h1-9,17H,10H2. The maximum atomic E-state index is 14.3. The van der Waals surface area contributed by atoms with Crippen molar-refractivity contribution in [1.82, 2.24) is 15.2 Å². The van der Waals surface area contributed by atoms with Crippen LogP contribution in [0.15, 0.2) is 59.1 Å². The number of ether oxygens (including phenoxy) is 1. The molecule has 0 unspecified atom stereocenters. The first-order valence-electron chi connectivity index (χ1n) is 7.98. The van der Waals surface area contributed by atoms with E-state index in [0.29, 0.717) is 5.75 Å². The number of rotatable bonds is 5. The van der Waals surface area contributed by atoms with Gasteiger partial charge in [-0.05, 0) is 29.0 Å². The van der Waals surface area contributed by atoms with Gasteiger partial charge >= 0.3 is 6.43 Å². The first-order valence-corrected chi connectivity index (χ1v) is 7.98. The lowest BCUT2D eigenvalue weighted by molar-refractivity contribution is 0.116. The minimum atomic E-state index is -2.89. The highest BCUT2D eigenvalue weighted by Crippen LogP contribution is 2.25. The van der Waals surface area contributed by atoms with Crippen molar-refractivity contribution in [3.8, 4) is 17.2 Å². The normalized spacial score (nSPS) is 11.3. The molecule has 0 radical (unpaired) electrons. The zero-order chi connectivity index (χ0) is 18.8. The van der Waals surface area contributed by atoms with Crippen LogP contribution in [0.1, 0.15) is 18.0 Å². The Bertz CT molecular complexity index is 1100. The number of pyridine rings is 1. The van der Waals surface area contributed by atoms with Gasteiger partial charge < -0.3 is 9.15 Å². The second-order valence-corrected chi connectivity index (χ2v) is 5.70. The molecule has 0 saturated carbocycles. The molecule has 8 heteroatoms. The molecule has 0 aliphatic heterocycles. The lowest BCUT2D eigenvalue weighted by Crippen LogP contribution is -2.02. The third-order valence-electron chi connectivity index (χ3n) is 3.89. The predicted octanol–water partition coefficient (Wildman–Crippen LogP) is 4.94. The smallest absolute Gasteiger partial charge is 0.314 e. The molecule has 0 aliphatic rings. The van der Waals surface area contributed by atoms with Gasteiger partial charge in [0, 0.05) is 6.20 Å². The lowest BCUT2D eigenvalue weighted by atomic mass is 10.1. The fraction of sp³-hybridized carbons (Fsp3) is 0.105. The van der Waals surface area contributed by atoms with Crippen LogP contribution in [-0.4, -0.2) is 15.2 Å². The predicted molar refractivity (Wildman–Crippen MR) is 90.7 cm³/mol. The second kappa shape index (κ2) is 7.06. The van der Waals surface area contributed by atoms with E-state index in [1.165, 1.54) is 6.20 Å². The molecule has 0 aliphatic carbocycles. The summed E-state index contributed by atoms with van der Waals surface area (Å²) < 4.78 is 49.7. The zero-order valence-corrected chi connectivity index (χ0v) is 13.8. The van der Waals surface area contributed by atoms with Crippen LogP contribution >= 0.6 is 0 Å². The minimum Gasteiger partial charge on any atom is -0.487 e. The molecule has 0 spiro atoms. The van der Waals surface area contributed by atoms with Crippen LogP contribution < -0.4 is 4.74 Å². The molecular weight excluding hydrogens is 359 g/mol.